The summed E-state index contributed by atoms with van der Waals surface area (Å²) in [5.74, 6) is -1.45. The van der Waals surface area contributed by atoms with Crippen LogP contribution in [0.4, 0.5) is 19.0 Å². The maximum absolute atomic E-state index is 13.5. The van der Waals surface area contributed by atoms with E-state index in [0.717, 1.165) is 21.6 Å². The molecular weight excluding hydrogens is 557 g/mol. The molecule has 0 bridgehead atoms. The first kappa shape index (κ1) is 27.3. The van der Waals surface area contributed by atoms with Crippen LogP contribution >= 0.6 is 11.6 Å². The number of anilines is 1. The molecule has 0 saturated carbocycles. The largest absolute Gasteiger partial charge is 0.406 e. The lowest BCUT2D eigenvalue weighted by Gasteiger charge is -2.43. The molecular formula is C30H26ClF3N4O3. The minimum absolute atomic E-state index is 0.123. The Hall–Kier alpha value is -3.92. The van der Waals surface area contributed by atoms with Crippen molar-refractivity contribution in [3.05, 3.63) is 93.6 Å². The Labute approximate surface area is 239 Å². The number of carbonyl (C=O) groups excluding carboxylic acids is 3. The van der Waals surface area contributed by atoms with Crippen molar-refractivity contribution in [2.75, 3.05) is 11.9 Å². The van der Waals surface area contributed by atoms with E-state index < -0.39 is 48.0 Å². The van der Waals surface area contributed by atoms with Crippen LogP contribution < -0.4 is 10.6 Å². The first-order valence-corrected chi connectivity index (χ1v) is 13.7. The molecule has 7 nitrogen and oxygen atoms in total. The van der Waals surface area contributed by atoms with Crippen molar-refractivity contribution < 1.29 is 27.6 Å². The molecule has 1 aliphatic carbocycles. The summed E-state index contributed by atoms with van der Waals surface area (Å²) in [4.78, 5) is 44.7. The van der Waals surface area contributed by atoms with E-state index in [1.165, 1.54) is 0 Å². The number of alkyl halides is 3. The molecule has 2 N–H and O–H groups in total. The number of pyridine rings is 1. The number of piperidine rings is 1. The van der Waals surface area contributed by atoms with Crippen molar-refractivity contribution in [3.8, 4) is 0 Å². The molecule has 11 heteroatoms. The van der Waals surface area contributed by atoms with E-state index in [4.69, 9.17) is 11.6 Å². The van der Waals surface area contributed by atoms with Gasteiger partial charge in [-0.3, -0.25) is 14.4 Å². The van der Waals surface area contributed by atoms with Crippen molar-refractivity contribution in [1.82, 2.24) is 15.2 Å². The molecule has 41 heavy (non-hydrogen) atoms. The maximum Gasteiger partial charge on any atom is 0.406 e. The van der Waals surface area contributed by atoms with E-state index in [2.05, 4.69) is 15.6 Å². The summed E-state index contributed by atoms with van der Waals surface area (Å²) >= 11 is 6.15. The minimum atomic E-state index is -4.61. The highest BCUT2D eigenvalue weighted by atomic mass is 35.5. The topological polar surface area (TPSA) is 91.4 Å². The third kappa shape index (κ3) is 4.84. The average Bonchev–Trinajstić information content (AvgIpc) is 3.44. The SMILES string of the molecule is C[C@@H]1[C@H](c2cccc(Cl)c2)C[C@H](NC(=O)c2ccc3c(c2)C[C@@]2(C3)C(=O)Nc3ncccc32)C(=O)N1CC(F)(F)F. The van der Waals surface area contributed by atoms with Crippen molar-refractivity contribution in [3.63, 3.8) is 0 Å². The van der Waals surface area contributed by atoms with Crippen LogP contribution in [0.15, 0.2) is 60.8 Å². The van der Waals surface area contributed by atoms with Gasteiger partial charge in [-0.1, -0.05) is 35.9 Å². The normalized spacial score (nSPS) is 25.2. The monoisotopic (exact) mass is 582 g/mol. The number of hydrogen-bond donors (Lipinski definition) is 2. The van der Waals surface area contributed by atoms with Gasteiger partial charge in [0.1, 0.15) is 18.4 Å². The fourth-order valence-corrected chi connectivity index (χ4v) is 6.71. The number of hydrogen-bond acceptors (Lipinski definition) is 4. The van der Waals surface area contributed by atoms with E-state index in [1.807, 2.05) is 6.07 Å². The lowest BCUT2D eigenvalue weighted by Crippen LogP contribution is -2.59. The Kier molecular flexibility index (Phi) is 6.56. The number of carbonyl (C=O) groups is 3. The molecule has 0 radical (unpaired) electrons. The van der Waals surface area contributed by atoms with Crippen molar-refractivity contribution in [2.24, 2.45) is 0 Å². The van der Waals surface area contributed by atoms with E-state index in [9.17, 15) is 27.6 Å². The van der Waals surface area contributed by atoms with Gasteiger partial charge >= 0.3 is 6.18 Å². The van der Waals surface area contributed by atoms with E-state index >= 15 is 0 Å². The van der Waals surface area contributed by atoms with Gasteiger partial charge in [0.15, 0.2) is 0 Å². The van der Waals surface area contributed by atoms with E-state index in [1.54, 1.807) is 61.7 Å². The lowest BCUT2D eigenvalue weighted by atomic mass is 9.79. The zero-order chi connectivity index (χ0) is 29.1. The molecule has 1 spiro atoms. The molecule has 3 aromatic rings. The maximum atomic E-state index is 13.5. The first-order valence-electron chi connectivity index (χ1n) is 13.3. The van der Waals surface area contributed by atoms with Gasteiger partial charge in [0.2, 0.25) is 11.8 Å². The van der Waals surface area contributed by atoms with Crippen molar-refractivity contribution >= 4 is 35.1 Å². The standard InChI is InChI=1S/C30H26ClF3N4O3/c1-16-22(17-4-2-5-21(31)11-17)12-24(27(40)38(16)15-30(32,33)34)36-26(39)18-7-8-19-13-29(14-20(19)10-18)23-6-3-9-35-25(23)37-28(29)41/h2-11,16,22,24H,12-15H2,1H3,(H,36,39)(H,35,37,41)/t16-,22-,24+,29-/m1/s1. The van der Waals surface area contributed by atoms with Crippen LogP contribution in [0.25, 0.3) is 0 Å². The van der Waals surface area contributed by atoms with Crippen LogP contribution in [0.1, 0.15) is 51.9 Å². The second kappa shape index (κ2) is 9.87. The molecule has 2 aliphatic heterocycles. The highest BCUT2D eigenvalue weighted by Gasteiger charge is 2.51. The zero-order valence-corrected chi connectivity index (χ0v) is 22.7. The zero-order valence-electron chi connectivity index (χ0n) is 22.0. The fourth-order valence-electron chi connectivity index (χ4n) is 6.51. The summed E-state index contributed by atoms with van der Waals surface area (Å²) in [6.45, 7) is 0.159. The number of aromatic nitrogens is 1. The number of amides is 3. The number of nitrogens with zero attached hydrogens (tertiary/aromatic N) is 2. The van der Waals surface area contributed by atoms with Crippen LogP contribution in [0, 0.1) is 0 Å². The predicted molar refractivity (Wildman–Crippen MR) is 146 cm³/mol. The van der Waals surface area contributed by atoms with Crippen molar-refractivity contribution in [1.29, 1.82) is 0 Å². The van der Waals surface area contributed by atoms with Gasteiger partial charge in [0, 0.05) is 34.3 Å². The van der Waals surface area contributed by atoms with Crippen LogP contribution in [-0.4, -0.2) is 52.4 Å². The van der Waals surface area contributed by atoms with Crippen LogP contribution in [-0.2, 0) is 27.8 Å². The van der Waals surface area contributed by atoms with Crippen LogP contribution in [0.5, 0.6) is 0 Å². The average molecular weight is 583 g/mol. The molecule has 3 heterocycles. The van der Waals surface area contributed by atoms with Gasteiger partial charge in [-0.15, -0.1) is 0 Å². The highest BCUT2D eigenvalue weighted by Crippen LogP contribution is 2.46. The Morgan fingerprint density at radius 2 is 1.90 bits per heavy atom. The summed E-state index contributed by atoms with van der Waals surface area (Å²) in [5, 5.41) is 5.97. The van der Waals surface area contributed by atoms with Gasteiger partial charge < -0.3 is 15.5 Å². The van der Waals surface area contributed by atoms with Gasteiger partial charge in [0.25, 0.3) is 5.91 Å². The third-order valence-corrected chi connectivity index (χ3v) is 8.75. The number of nitrogens with one attached hydrogen (secondary N) is 2. The summed E-state index contributed by atoms with van der Waals surface area (Å²) in [5.41, 5.74) is 2.71. The van der Waals surface area contributed by atoms with Gasteiger partial charge in [-0.05, 0) is 73.2 Å². The minimum Gasteiger partial charge on any atom is -0.340 e. The van der Waals surface area contributed by atoms with Gasteiger partial charge in [-0.25, -0.2) is 4.98 Å². The second-order valence-corrected chi connectivity index (χ2v) is 11.5. The Balaban J connectivity index is 1.25. The molecule has 3 amide bonds. The number of likely N-dealkylation sites (tertiary alicyclic amines) is 1. The highest BCUT2D eigenvalue weighted by molar-refractivity contribution is 6.30. The van der Waals surface area contributed by atoms with E-state index in [-0.39, 0.29) is 17.9 Å². The quantitative estimate of drug-likeness (QED) is 0.463. The molecule has 1 saturated heterocycles. The Bertz CT molecular complexity index is 1580. The van der Waals surface area contributed by atoms with Crippen LogP contribution in [0.2, 0.25) is 5.02 Å². The summed E-state index contributed by atoms with van der Waals surface area (Å²) in [7, 11) is 0. The molecule has 2 aromatic carbocycles. The number of benzene rings is 2. The van der Waals surface area contributed by atoms with Crippen LogP contribution in [0.3, 0.4) is 0 Å². The number of rotatable bonds is 4. The molecule has 1 aromatic heterocycles. The second-order valence-electron chi connectivity index (χ2n) is 11.0. The van der Waals surface area contributed by atoms with Gasteiger partial charge in [0.05, 0.1) is 5.41 Å². The molecule has 1 fully saturated rings. The summed E-state index contributed by atoms with van der Waals surface area (Å²) < 4.78 is 40.4. The third-order valence-electron chi connectivity index (χ3n) is 8.52. The van der Waals surface area contributed by atoms with Crippen molar-refractivity contribution in [2.45, 2.75) is 55.8 Å². The number of fused-ring (bicyclic) bond motifs is 3. The van der Waals surface area contributed by atoms with E-state index in [0.29, 0.717) is 29.2 Å². The predicted octanol–water partition coefficient (Wildman–Crippen LogP) is 4.79. The fraction of sp³-hybridized carbons (Fsp3) is 0.333. The summed E-state index contributed by atoms with van der Waals surface area (Å²) in [6.07, 6.45) is -2.03. The molecule has 212 valence electrons. The lowest BCUT2D eigenvalue weighted by molar-refractivity contribution is -0.170. The first-order chi connectivity index (χ1) is 19.4. The Morgan fingerprint density at radius 3 is 2.66 bits per heavy atom. The smallest absolute Gasteiger partial charge is 0.340 e. The Morgan fingerprint density at radius 1 is 1.12 bits per heavy atom. The summed E-state index contributed by atoms with van der Waals surface area (Å²) in [6, 6.07) is 13.6. The van der Waals surface area contributed by atoms with Gasteiger partial charge in [-0.2, -0.15) is 13.2 Å². The molecule has 3 aliphatic rings. The molecule has 4 atom stereocenters. The molecule has 6 rings (SSSR count). The number of halogens is 4. The molecule has 0 unspecified atom stereocenters.